The third kappa shape index (κ3) is 3.48. The topological polar surface area (TPSA) is 24.5 Å². The van der Waals surface area contributed by atoms with E-state index >= 15 is 0 Å². The second kappa shape index (κ2) is 6.92. The Balaban J connectivity index is 2.07. The number of benzene rings is 1. The largest absolute Gasteiger partial charge is 0.381 e. The summed E-state index contributed by atoms with van der Waals surface area (Å²) in [6, 6.07) is 9.13. The quantitative estimate of drug-likeness (QED) is 0.852. The van der Waals surface area contributed by atoms with Gasteiger partial charge in [-0.25, -0.2) is 0 Å². The number of nitrogens with one attached hydrogen (secondary N) is 1. The summed E-state index contributed by atoms with van der Waals surface area (Å²) in [4.78, 5) is 2.47. The molecule has 19 heavy (non-hydrogen) atoms. The number of ether oxygens (including phenoxy) is 1. The number of nitrogens with zero attached hydrogens (tertiary/aromatic N) is 1. The summed E-state index contributed by atoms with van der Waals surface area (Å²) < 4.78 is 5.53. The molecule has 0 spiro atoms. The molecule has 1 aromatic rings. The lowest BCUT2D eigenvalue weighted by atomic mass is 9.98. The number of hydrogen-bond acceptors (Lipinski definition) is 3. The van der Waals surface area contributed by atoms with Crippen LogP contribution in [0.3, 0.4) is 0 Å². The average molecular weight is 262 g/mol. The van der Waals surface area contributed by atoms with E-state index in [-0.39, 0.29) is 0 Å². The first-order chi connectivity index (χ1) is 9.26. The average Bonchev–Trinajstić information content (AvgIpc) is 2.95. The lowest BCUT2D eigenvalue weighted by Gasteiger charge is -2.32. The molecule has 106 valence electrons. The third-order valence-electron chi connectivity index (χ3n) is 4.16. The number of likely N-dealkylation sites (N-methyl/N-ethyl adjacent to an activating group) is 2. The highest BCUT2D eigenvalue weighted by molar-refractivity contribution is 5.53. The van der Waals surface area contributed by atoms with Gasteiger partial charge < -0.3 is 15.0 Å². The highest BCUT2D eigenvalue weighted by Crippen LogP contribution is 2.22. The maximum Gasteiger partial charge on any atom is 0.0510 e. The molecular weight excluding hydrogens is 236 g/mol. The van der Waals surface area contributed by atoms with E-state index in [4.69, 9.17) is 4.74 Å². The van der Waals surface area contributed by atoms with Crippen molar-refractivity contribution in [3.8, 4) is 0 Å². The minimum atomic E-state index is 0.502. The fraction of sp³-hybridized carbons (Fsp3) is 0.625. The molecule has 0 amide bonds. The Morgan fingerprint density at radius 3 is 2.79 bits per heavy atom. The van der Waals surface area contributed by atoms with Crippen molar-refractivity contribution in [3.63, 3.8) is 0 Å². The summed E-state index contributed by atoms with van der Waals surface area (Å²) in [5.74, 6) is 0.642. The predicted octanol–water partition coefficient (Wildman–Crippen LogP) is 2.45. The molecule has 1 N–H and O–H groups in total. The van der Waals surface area contributed by atoms with Crippen LogP contribution in [0.4, 0.5) is 5.69 Å². The normalized spacial score (nSPS) is 20.5. The molecule has 0 aliphatic carbocycles. The Hall–Kier alpha value is -1.06. The lowest BCUT2D eigenvalue weighted by molar-refractivity contribution is 0.178. The molecule has 2 rings (SSSR count). The molecule has 0 aromatic heterocycles. The van der Waals surface area contributed by atoms with Gasteiger partial charge in [-0.3, -0.25) is 0 Å². The van der Waals surface area contributed by atoms with Gasteiger partial charge in [0.05, 0.1) is 6.61 Å². The summed E-state index contributed by atoms with van der Waals surface area (Å²) in [6.07, 6.45) is 1.18. The predicted molar refractivity (Wildman–Crippen MR) is 80.8 cm³/mol. The van der Waals surface area contributed by atoms with Gasteiger partial charge in [0.25, 0.3) is 0 Å². The van der Waals surface area contributed by atoms with Crippen molar-refractivity contribution >= 4 is 5.69 Å². The Morgan fingerprint density at radius 1 is 1.42 bits per heavy atom. The summed E-state index contributed by atoms with van der Waals surface area (Å²) >= 11 is 0. The highest BCUT2D eigenvalue weighted by atomic mass is 16.5. The number of hydrogen-bond donors (Lipinski definition) is 1. The van der Waals surface area contributed by atoms with Crippen LogP contribution in [0.1, 0.15) is 18.9 Å². The van der Waals surface area contributed by atoms with Crippen molar-refractivity contribution in [1.29, 1.82) is 0 Å². The van der Waals surface area contributed by atoms with Crippen molar-refractivity contribution < 1.29 is 4.74 Å². The van der Waals surface area contributed by atoms with Gasteiger partial charge in [0.15, 0.2) is 0 Å². The van der Waals surface area contributed by atoms with E-state index in [0.29, 0.717) is 12.0 Å². The van der Waals surface area contributed by atoms with Gasteiger partial charge in [0.1, 0.15) is 0 Å². The zero-order valence-electron chi connectivity index (χ0n) is 12.4. The molecule has 3 heteroatoms. The minimum absolute atomic E-state index is 0.502. The van der Waals surface area contributed by atoms with Crippen LogP contribution in [0.15, 0.2) is 24.3 Å². The maximum absolute atomic E-state index is 5.53. The molecule has 2 atom stereocenters. The summed E-state index contributed by atoms with van der Waals surface area (Å²) in [5.41, 5.74) is 2.70. The molecule has 0 bridgehead atoms. The molecule has 1 aromatic carbocycles. The Morgan fingerprint density at radius 2 is 2.21 bits per heavy atom. The third-order valence-corrected chi connectivity index (χ3v) is 4.16. The lowest BCUT2D eigenvalue weighted by Crippen LogP contribution is -2.44. The van der Waals surface area contributed by atoms with Gasteiger partial charge in [-0.2, -0.15) is 0 Å². The van der Waals surface area contributed by atoms with E-state index in [9.17, 15) is 0 Å². The van der Waals surface area contributed by atoms with Crippen LogP contribution in [0.2, 0.25) is 0 Å². The molecule has 1 aliphatic rings. The van der Waals surface area contributed by atoms with E-state index in [1.165, 1.54) is 17.7 Å². The fourth-order valence-corrected chi connectivity index (χ4v) is 2.90. The molecule has 1 saturated heterocycles. The second-order valence-electron chi connectivity index (χ2n) is 5.34. The smallest absolute Gasteiger partial charge is 0.0510 e. The van der Waals surface area contributed by atoms with Crippen molar-refractivity contribution in [2.45, 2.75) is 26.3 Å². The molecule has 2 unspecified atom stereocenters. The summed E-state index contributed by atoms with van der Waals surface area (Å²) in [7, 11) is 2.06. The first-order valence-electron chi connectivity index (χ1n) is 7.31. The fourth-order valence-electron chi connectivity index (χ4n) is 2.90. The van der Waals surface area contributed by atoms with Gasteiger partial charge in [0, 0.05) is 37.3 Å². The van der Waals surface area contributed by atoms with Crippen LogP contribution in [0, 0.1) is 12.8 Å². The van der Waals surface area contributed by atoms with E-state index in [1.807, 2.05) is 0 Å². The van der Waals surface area contributed by atoms with Gasteiger partial charge >= 0.3 is 0 Å². The Labute approximate surface area is 116 Å². The summed E-state index contributed by atoms with van der Waals surface area (Å²) in [5, 5.41) is 3.48. The van der Waals surface area contributed by atoms with Crippen LogP contribution < -0.4 is 10.2 Å². The molecule has 0 radical (unpaired) electrons. The zero-order chi connectivity index (χ0) is 13.7. The minimum Gasteiger partial charge on any atom is -0.381 e. The standard InChI is InChI=1S/C16H26N2O/c1-4-18(16-8-6-5-7-13(16)2)11-15(17-3)14-9-10-19-12-14/h5-8,14-15,17H,4,9-12H2,1-3H3. The monoisotopic (exact) mass is 262 g/mol. The van der Waals surface area contributed by atoms with Crippen molar-refractivity contribution in [1.82, 2.24) is 5.32 Å². The molecule has 3 nitrogen and oxygen atoms in total. The second-order valence-corrected chi connectivity index (χ2v) is 5.34. The van der Waals surface area contributed by atoms with Crippen LogP contribution in [-0.2, 0) is 4.74 Å². The molecule has 1 aliphatic heterocycles. The Bertz CT molecular complexity index is 388. The van der Waals surface area contributed by atoms with E-state index in [0.717, 1.165) is 26.3 Å². The van der Waals surface area contributed by atoms with Gasteiger partial charge in [-0.15, -0.1) is 0 Å². The number of anilines is 1. The van der Waals surface area contributed by atoms with Crippen molar-refractivity contribution in [2.75, 3.05) is 38.3 Å². The molecule has 0 saturated carbocycles. The molecular formula is C16H26N2O. The first-order valence-corrected chi connectivity index (χ1v) is 7.31. The molecule has 1 heterocycles. The van der Waals surface area contributed by atoms with Crippen LogP contribution >= 0.6 is 0 Å². The number of rotatable bonds is 6. The maximum atomic E-state index is 5.53. The van der Waals surface area contributed by atoms with E-state index in [1.54, 1.807) is 0 Å². The number of para-hydroxylation sites is 1. The van der Waals surface area contributed by atoms with Crippen LogP contribution in [-0.4, -0.2) is 39.4 Å². The summed E-state index contributed by atoms with van der Waals surface area (Å²) in [6.45, 7) is 8.31. The SMILES string of the molecule is CCN(CC(NC)C1CCOC1)c1ccccc1C. The van der Waals surface area contributed by atoms with Crippen molar-refractivity contribution in [2.24, 2.45) is 5.92 Å². The Kier molecular flexibility index (Phi) is 5.23. The van der Waals surface area contributed by atoms with E-state index in [2.05, 4.69) is 55.4 Å². The number of aryl methyl sites for hydroxylation is 1. The van der Waals surface area contributed by atoms with Gasteiger partial charge in [-0.05, 0) is 38.9 Å². The zero-order valence-corrected chi connectivity index (χ0v) is 12.4. The van der Waals surface area contributed by atoms with Crippen LogP contribution in [0.25, 0.3) is 0 Å². The van der Waals surface area contributed by atoms with E-state index < -0.39 is 0 Å². The molecule has 1 fully saturated rings. The first kappa shape index (κ1) is 14.4. The van der Waals surface area contributed by atoms with Crippen LogP contribution in [0.5, 0.6) is 0 Å². The van der Waals surface area contributed by atoms with Gasteiger partial charge in [0.2, 0.25) is 0 Å². The van der Waals surface area contributed by atoms with Gasteiger partial charge in [-0.1, -0.05) is 18.2 Å². The highest BCUT2D eigenvalue weighted by Gasteiger charge is 2.26. The van der Waals surface area contributed by atoms with Crippen molar-refractivity contribution in [3.05, 3.63) is 29.8 Å².